The number of ether oxygens (including phenoxy) is 1. The van der Waals surface area contributed by atoms with Crippen molar-refractivity contribution < 1.29 is 19.1 Å². The number of hydrogen-bond acceptors (Lipinski definition) is 15. The molecule has 0 aliphatic heterocycles. The van der Waals surface area contributed by atoms with E-state index in [1.807, 2.05) is 66.7 Å². The van der Waals surface area contributed by atoms with Crippen molar-refractivity contribution in [3.05, 3.63) is 75.5 Å². The van der Waals surface area contributed by atoms with Gasteiger partial charge in [0.2, 0.25) is 0 Å². The van der Waals surface area contributed by atoms with Crippen molar-refractivity contribution in [3.8, 4) is 0 Å². The van der Waals surface area contributed by atoms with Gasteiger partial charge in [-0.3, -0.25) is 9.59 Å². The van der Waals surface area contributed by atoms with Crippen LogP contribution in [0.3, 0.4) is 0 Å². The summed E-state index contributed by atoms with van der Waals surface area (Å²) in [5, 5.41) is 27.8. The molecule has 0 bridgehead atoms. The summed E-state index contributed by atoms with van der Waals surface area (Å²) in [4.78, 5) is 43.3. The monoisotopic (exact) mass is 846 g/mol. The Labute approximate surface area is 356 Å². The minimum atomic E-state index is -0.685. The quantitative estimate of drug-likeness (QED) is 0.0991. The molecule has 12 N–H and O–H groups in total. The number of carbonyl (C=O) groups is 3. The summed E-state index contributed by atoms with van der Waals surface area (Å²) in [5.41, 5.74) is 27.2. The third-order valence-corrected chi connectivity index (χ3v) is 10.1. The van der Waals surface area contributed by atoms with Crippen LogP contribution < -0.4 is 44.2 Å². The Balaban J connectivity index is 0.000000207. The molecule has 0 unspecified atom stereocenters. The van der Waals surface area contributed by atoms with E-state index >= 15 is 0 Å². The van der Waals surface area contributed by atoms with Gasteiger partial charge in [0.1, 0.15) is 17.2 Å². The molecule has 60 heavy (non-hydrogen) atoms. The highest BCUT2D eigenvalue weighted by molar-refractivity contribution is 6.29. The molecule has 0 aromatic carbocycles. The van der Waals surface area contributed by atoms with E-state index in [-0.39, 0.29) is 46.8 Å². The third kappa shape index (κ3) is 14.5. The van der Waals surface area contributed by atoms with Crippen molar-refractivity contribution >= 4 is 58.3 Å². The lowest BCUT2D eigenvalue weighted by Gasteiger charge is -2.30. The van der Waals surface area contributed by atoms with Crippen LogP contribution in [-0.2, 0) is 4.74 Å². The smallest absolute Gasteiger partial charge is 0.407 e. The zero-order valence-electron chi connectivity index (χ0n) is 35.4. The molecule has 4 atom stereocenters. The molecule has 2 fully saturated rings. The number of nitrogens with two attached hydrogens (primary N) is 4. The first-order valence-corrected chi connectivity index (χ1v) is 20.4. The maximum Gasteiger partial charge on any atom is 0.407 e. The Kier molecular flexibility index (Phi) is 16.8. The van der Waals surface area contributed by atoms with Crippen LogP contribution in [0, 0.1) is 27.7 Å². The number of halogens is 1. The standard InChI is InChI=1S/C18H25N7O.C12H12ClN5O.C11H22N2O2/c1-10-7-8-15(21-11(10)2)23-14-9-16(24-25-17(14)18(20)26)22-13-6-4-3-5-12(13)19;1-6-3-4-10(15-7(6)2)16-8-5-9(13)17-18-11(8)12(14)19;1-11(2,3)15-10(14)13-9-7-5-4-6-8(9)12/h7-9,12-13H,3-6,19H2,1-2H3,(H2,20,26)(H2,21,22,23,24);3-5H,1-2H3,(H2,14,19)(H,15,16,17);8-9H,4-7,12H2,1-3H3,(H,13,14)/t12-,13+;;8-,9+/m0.1/s1. The zero-order chi connectivity index (χ0) is 44.1. The summed E-state index contributed by atoms with van der Waals surface area (Å²) in [7, 11) is 0. The summed E-state index contributed by atoms with van der Waals surface area (Å²) in [5.74, 6) is 0.419. The molecule has 6 rings (SSSR count). The van der Waals surface area contributed by atoms with Crippen LogP contribution in [0.1, 0.15) is 116 Å². The predicted octanol–water partition coefficient (Wildman–Crippen LogP) is 5.78. The molecule has 0 radical (unpaired) electrons. The highest BCUT2D eigenvalue weighted by Gasteiger charge is 2.26. The van der Waals surface area contributed by atoms with E-state index in [0.29, 0.717) is 28.8 Å². The number of primary amides is 2. The number of pyridine rings is 2. The molecule has 324 valence electrons. The number of nitrogens with one attached hydrogen (secondary N) is 4. The average molecular weight is 847 g/mol. The van der Waals surface area contributed by atoms with E-state index in [2.05, 4.69) is 51.6 Å². The van der Waals surface area contributed by atoms with Crippen molar-refractivity contribution in [2.75, 3.05) is 16.0 Å². The van der Waals surface area contributed by atoms with Crippen LogP contribution in [0.4, 0.5) is 33.6 Å². The molecule has 2 aliphatic rings. The van der Waals surface area contributed by atoms with Gasteiger partial charge >= 0.3 is 6.09 Å². The molecule has 4 aromatic heterocycles. The van der Waals surface area contributed by atoms with Crippen molar-refractivity contribution in [2.24, 2.45) is 22.9 Å². The summed E-state index contributed by atoms with van der Waals surface area (Å²) < 4.78 is 5.18. The summed E-state index contributed by atoms with van der Waals surface area (Å²) >= 11 is 5.76. The second-order valence-corrected chi connectivity index (χ2v) is 16.4. The SMILES string of the molecule is CC(C)(C)OC(=O)N[C@H]1CCCC[C@H]1N.Cc1ccc(Nc2cc(Cl)nnc2C(N)=O)nc1C.Cc1ccc(Nc2cc(N[C@@H]3CCCC[C@@H]3N)nnc2C(N)=O)nc1C. The Bertz CT molecular complexity index is 2110. The molecule has 2 aliphatic carbocycles. The van der Waals surface area contributed by atoms with Gasteiger partial charge in [-0.1, -0.05) is 49.4 Å². The lowest BCUT2D eigenvalue weighted by Crippen LogP contribution is -2.50. The number of carbonyl (C=O) groups excluding carboxylic acids is 3. The summed E-state index contributed by atoms with van der Waals surface area (Å²) in [6, 6.07) is 11.1. The lowest BCUT2D eigenvalue weighted by atomic mass is 9.91. The fourth-order valence-electron chi connectivity index (χ4n) is 6.39. The normalized spacial score (nSPS) is 18.6. The fraction of sp³-hybridized carbons (Fsp3) is 0.488. The second kappa shape index (κ2) is 21.5. The predicted molar refractivity (Wildman–Crippen MR) is 234 cm³/mol. The van der Waals surface area contributed by atoms with Gasteiger partial charge < -0.3 is 48.9 Å². The molecule has 4 aromatic rings. The minimum Gasteiger partial charge on any atom is -0.444 e. The summed E-state index contributed by atoms with van der Waals surface area (Å²) in [6.45, 7) is 13.3. The van der Waals surface area contributed by atoms with Gasteiger partial charge in [-0.05, 0) is 97.4 Å². The van der Waals surface area contributed by atoms with E-state index in [0.717, 1.165) is 73.9 Å². The first-order valence-electron chi connectivity index (χ1n) is 20.0. The van der Waals surface area contributed by atoms with Gasteiger partial charge in [-0.15, -0.1) is 20.4 Å². The van der Waals surface area contributed by atoms with Crippen molar-refractivity contribution in [3.63, 3.8) is 0 Å². The van der Waals surface area contributed by atoms with Crippen LogP contribution in [0.2, 0.25) is 5.15 Å². The number of aryl methyl sites for hydroxylation is 4. The number of amides is 3. The fourth-order valence-corrected chi connectivity index (χ4v) is 6.53. The molecule has 3 amide bonds. The van der Waals surface area contributed by atoms with Crippen LogP contribution in [0.25, 0.3) is 0 Å². The Morgan fingerprint density at radius 2 is 1.13 bits per heavy atom. The maximum absolute atomic E-state index is 11.7. The van der Waals surface area contributed by atoms with Crippen LogP contribution >= 0.6 is 11.6 Å². The largest absolute Gasteiger partial charge is 0.444 e. The number of nitrogens with zero attached hydrogens (tertiary/aromatic N) is 6. The van der Waals surface area contributed by atoms with Crippen LogP contribution in [0.5, 0.6) is 0 Å². The number of alkyl carbamates (subject to hydrolysis) is 1. The third-order valence-electron chi connectivity index (χ3n) is 9.92. The number of rotatable bonds is 9. The van der Waals surface area contributed by atoms with Crippen molar-refractivity contribution in [1.82, 2.24) is 35.7 Å². The molecular formula is C41H59ClN14O4. The average Bonchev–Trinajstić information content (AvgIpc) is 3.16. The molecule has 0 saturated heterocycles. The highest BCUT2D eigenvalue weighted by atomic mass is 35.5. The van der Waals surface area contributed by atoms with Gasteiger partial charge in [0.25, 0.3) is 11.8 Å². The van der Waals surface area contributed by atoms with Gasteiger partial charge in [-0.25, -0.2) is 14.8 Å². The van der Waals surface area contributed by atoms with Crippen molar-refractivity contribution in [1.29, 1.82) is 0 Å². The van der Waals surface area contributed by atoms with E-state index in [1.54, 1.807) is 12.1 Å². The minimum absolute atomic E-state index is 0.0180. The van der Waals surface area contributed by atoms with E-state index in [1.165, 1.54) is 6.07 Å². The number of hydrogen-bond donors (Lipinski definition) is 8. The number of anilines is 5. The van der Waals surface area contributed by atoms with E-state index in [4.69, 9.17) is 39.3 Å². The number of aromatic nitrogens is 6. The topological polar surface area (TPSA) is 290 Å². The van der Waals surface area contributed by atoms with Crippen LogP contribution in [-0.4, -0.2) is 78.0 Å². The molecule has 0 spiro atoms. The maximum atomic E-state index is 11.7. The van der Waals surface area contributed by atoms with Crippen molar-refractivity contribution in [2.45, 2.75) is 130 Å². The highest BCUT2D eigenvalue weighted by Crippen LogP contribution is 2.25. The van der Waals surface area contributed by atoms with Gasteiger partial charge in [-0.2, -0.15) is 0 Å². The van der Waals surface area contributed by atoms with Crippen LogP contribution in [0.15, 0.2) is 36.4 Å². The molecule has 18 nitrogen and oxygen atoms in total. The van der Waals surface area contributed by atoms with Gasteiger partial charge in [0, 0.05) is 47.7 Å². The Morgan fingerprint density at radius 1 is 0.667 bits per heavy atom. The zero-order valence-corrected chi connectivity index (χ0v) is 36.2. The molecule has 4 heterocycles. The molecule has 2 saturated carbocycles. The first-order chi connectivity index (χ1) is 28.3. The van der Waals surface area contributed by atoms with E-state index in [9.17, 15) is 14.4 Å². The summed E-state index contributed by atoms with van der Waals surface area (Å²) in [6.07, 6.45) is 8.14. The molecular weight excluding hydrogens is 788 g/mol. The Hall–Kier alpha value is -5.72. The lowest BCUT2D eigenvalue weighted by molar-refractivity contribution is 0.0485. The molecule has 19 heteroatoms. The second-order valence-electron chi connectivity index (χ2n) is 16.0. The van der Waals surface area contributed by atoms with E-state index < -0.39 is 17.4 Å². The first kappa shape index (κ1) is 47.0. The van der Waals surface area contributed by atoms with Gasteiger partial charge in [0.05, 0.1) is 11.4 Å². The van der Waals surface area contributed by atoms with Gasteiger partial charge in [0.15, 0.2) is 22.4 Å². The Morgan fingerprint density at radius 3 is 1.60 bits per heavy atom.